The van der Waals surface area contributed by atoms with Gasteiger partial charge in [0.25, 0.3) is 0 Å². The maximum absolute atomic E-state index is 14.5. The van der Waals surface area contributed by atoms with Crippen molar-refractivity contribution in [2.45, 2.75) is 123 Å². The van der Waals surface area contributed by atoms with Crippen LogP contribution < -0.4 is 9.47 Å². The molecule has 6 heteroatoms. The van der Waals surface area contributed by atoms with Crippen LogP contribution in [0.1, 0.15) is 133 Å². The molecular formula is C42H53FO5. The van der Waals surface area contributed by atoms with Gasteiger partial charge in [-0.2, -0.15) is 0 Å². The van der Waals surface area contributed by atoms with E-state index in [4.69, 9.17) is 14.2 Å². The molecule has 3 aromatic rings. The van der Waals surface area contributed by atoms with Crippen molar-refractivity contribution < 1.29 is 28.2 Å². The van der Waals surface area contributed by atoms with E-state index in [0.29, 0.717) is 23.5 Å². The molecule has 0 spiro atoms. The van der Waals surface area contributed by atoms with Crippen molar-refractivity contribution in [3.05, 3.63) is 83.7 Å². The predicted molar refractivity (Wildman–Crippen MR) is 192 cm³/mol. The van der Waals surface area contributed by atoms with E-state index in [9.17, 15) is 14.0 Å². The maximum atomic E-state index is 14.5. The minimum Gasteiger partial charge on any atom is -0.491 e. The smallest absolute Gasteiger partial charge is 0.390 e. The van der Waals surface area contributed by atoms with Gasteiger partial charge in [0.05, 0.1) is 18.3 Å². The Bertz CT molecular complexity index is 1440. The lowest BCUT2D eigenvalue weighted by molar-refractivity contribution is -0.128. The first-order valence-corrected chi connectivity index (χ1v) is 18.0. The molecule has 0 heterocycles. The van der Waals surface area contributed by atoms with E-state index in [2.05, 4.69) is 25.7 Å². The molecule has 0 aliphatic heterocycles. The van der Waals surface area contributed by atoms with Crippen LogP contribution in [0.2, 0.25) is 0 Å². The second-order valence-corrected chi connectivity index (χ2v) is 12.5. The third-order valence-corrected chi connectivity index (χ3v) is 8.29. The average molecular weight is 657 g/mol. The molecule has 0 fully saturated rings. The minimum atomic E-state index is -0.744. The number of hydrogen-bond donors (Lipinski definition) is 0. The summed E-state index contributed by atoms with van der Waals surface area (Å²) in [5.74, 6) is 4.04. The second-order valence-electron chi connectivity index (χ2n) is 12.5. The van der Waals surface area contributed by atoms with Gasteiger partial charge in [-0.05, 0) is 79.8 Å². The quantitative estimate of drug-likeness (QED) is 0.0494. The van der Waals surface area contributed by atoms with Crippen LogP contribution in [-0.4, -0.2) is 24.6 Å². The largest absolute Gasteiger partial charge is 0.491 e. The molecule has 0 amide bonds. The van der Waals surface area contributed by atoms with Crippen molar-refractivity contribution in [3.8, 4) is 34.5 Å². The molecule has 0 bridgehead atoms. The molecule has 0 unspecified atom stereocenters. The Hall–Kier alpha value is -4.11. The Balaban J connectivity index is 1.39. The Morgan fingerprint density at radius 1 is 0.708 bits per heavy atom. The summed E-state index contributed by atoms with van der Waals surface area (Å²) in [5.41, 5.74) is 2.68. The van der Waals surface area contributed by atoms with E-state index < -0.39 is 11.8 Å². The molecule has 0 saturated heterocycles. The number of ether oxygens (including phenoxy) is 3. The standard InChI is InChI=1S/C42H53FO5/c1-4-6-8-10-11-12-13-14-15-17-31-46-40-29-19-34(32-39(40)43)20-30-41(44)48-38-27-25-36(26-28-38)35-21-23-37(24-22-35)42(45)47-33(3)18-16-9-7-5-2/h19,21-29,32-33H,4-18,31H2,1-3H3/t33-/m0/s1. The summed E-state index contributed by atoms with van der Waals surface area (Å²) < 4.78 is 31.1. The Morgan fingerprint density at radius 3 is 1.88 bits per heavy atom. The molecule has 0 aliphatic carbocycles. The monoisotopic (exact) mass is 656 g/mol. The van der Waals surface area contributed by atoms with Crippen molar-refractivity contribution in [1.82, 2.24) is 0 Å². The summed E-state index contributed by atoms with van der Waals surface area (Å²) >= 11 is 0. The highest BCUT2D eigenvalue weighted by Crippen LogP contribution is 2.24. The van der Waals surface area contributed by atoms with Crippen LogP contribution in [0, 0.1) is 17.7 Å². The SMILES string of the molecule is CCCCCCCCCCCCOc1ccc(C#CC(=O)Oc2ccc(-c3ccc(C(=O)O[C@@H](C)CCCCCC)cc3)cc2)cc1F. The lowest BCUT2D eigenvalue weighted by Gasteiger charge is -2.13. The molecule has 0 radical (unpaired) electrons. The van der Waals surface area contributed by atoms with Crippen LogP contribution in [0.15, 0.2) is 66.7 Å². The first-order valence-electron chi connectivity index (χ1n) is 18.0. The first-order chi connectivity index (χ1) is 23.4. The molecule has 0 aromatic heterocycles. The summed E-state index contributed by atoms with van der Waals surface area (Å²) in [6.07, 6.45) is 17.7. The Morgan fingerprint density at radius 2 is 1.27 bits per heavy atom. The van der Waals surface area contributed by atoms with E-state index in [1.165, 1.54) is 70.3 Å². The molecule has 3 aromatic carbocycles. The van der Waals surface area contributed by atoms with E-state index in [0.717, 1.165) is 43.2 Å². The second kappa shape index (κ2) is 22.5. The molecular weight excluding hydrogens is 603 g/mol. The molecule has 48 heavy (non-hydrogen) atoms. The van der Waals surface area contributed by atoms with Gasteiger partial charge in [-0.1, -0.05) is 121 Å². The van der Waals surface area contributed by atoms with E-state index >= 15 is 0 Å². The normalized spacial score (nSPS) is 11.3. The maximum Gasteiger partial charge on any atom is 0.390 e. The van der Waals surface area contributed by atoms with E-state index in [1.807, 2.05) is 31.2 Å². The Labute approximate surface area is 287 Å². The summed E-state index contributed by atoms with van der Waals surface area (Å²) in [5, 5.41) is 0. The number of rotatable bonds is 21. The summed E-state index contributed by atoms with van der Waals surface area (Å²) in [6, 6.07) is 18.7. The van der Waals surface area contributed by atoms with E-state index in [-0.39, 0.29) is 17.8 Å². The molecule has 1 atom stereocenters. The van der Waals surface area contributed by atoms with Gasteiger partial charge in [0.15, 0.2) is 11.6 Å². The summed E-state index contributed by atoms with van der Waals surface area (Å²) in [7, 11) is 0. The molecule has 258 valence electrons. The Kier molecular flexibility index (Phi) is 17.9. The average Bonchev–Trinajstić information content (AvgIpc) is 3.09. The number of carbonyl (C=O) groups is 2. The fraction of sp³-hybridized carbons (Fsp3) is 0.476. The fourth-order valence-corrected chi connectivity index (χ4v) is 5.41. The van der Waals surface area contributed by atoms with Crippen LogP contribution in [0.4, 0.5) is 4.39 Å². The third-order valence-electron chi connectivity index (χ3n) is 8.29. The van der Waals surface area contributed by atoms with E-state index in [1.54, 1.807) is 36.4 Å². The number of hydrogen-bond acceptors (Lipinski definition) is 5. The molecule has 0 saturated carbocycles. The highest BCUT2D eigenvalue weighted by Gasteiger charge is 2.12. The zero-order chi connectivity index (χ0) is 34.4. The van der Waals surface area contributed by atoms with Crippen LogP contribution in [0.3, 0.4) is 0 Å². The number of unbranched alkanes of at least 4 members (excludes halogenated alkanes) is 12. The molecule has 0 N–H and O–H groups in total. The fourth-order valence-electron chi connectivity index (χ4n) is 5.41. The number of esters is 2. The number of halogens is 1. The van der Waals surface area contributed by atoms with Crippen molar-refractivity contribution in [2.24, 2.45) is 0 Å². The van der Waals surface area contributed by atoms with Crippen molar-refractivity contribution in [1.29, 1.82) is 0 Å². The van der Waals surface area contributed by atoms with Crippen molar-refractivity contribution in [2.75, 3.05) is 6.61 Å². The van der Waals surface area contributed by atoms with Crippen LogP contribution in [-0.2, 0) is 9.53 Å². The van der Waals surface area contributed by atoms with Gasteiger partial charge in [0, 0.05) is 11.5 Å². The third kappa shape index (κ3) is 14.8. The summed E-state index contributed by atoms with van der Waals surface area (Å²) in [4.78, 5) is 24.8. The zero-order valence-electron chi connectivity index (χ0n) is 29.2. The lowest BCUT2D eigenvalue weighted by atomic mass is 10.0. The van der Waals surface area contributed by atoms with Gasteiger partial charge in [-0.15, -0.1) is 0 Å². The molecule has 0 aliphatic rings. The molecule has 3 rings (SSSR count). The number of benzene rings is 3. The zero-order valence-corrected chi connectivity index (χ0v) is 29.2. The van der Waals surface area contributed by atoms with Gasteiger partial charge in [-0.3, -0.25) is 0 Å². The van der Waals surface area contributed by atoms with Crippen molar-refractivity contribution in [3.63, 3.8) is 0 Å². The van der Waals surface area contributed by atoms with Gasteiger partial charge in [-0.25, -0.2) is 14.0 Å². The topological polar surface area (TPSA) is 61.8 Å². The van der Waals surface area contributed by atoms with Gasteiger partial charge < -0.3 is 14.2 Å². The highest BCUT2D eigenvalue weighted by atomic mass is 19.1. The molecule has 5 nitrogen and oxygen atoms in total. The summed E-state index contributed by atoms with van der Waals surface area (Å²) in [6.45, 7) is 6.82. The van der Waals surface area contributed by atoms with Crippen LogP contribution >= 0.6 is 0 Å². The van der Waals surface area contributed by atoms with Gasteiger partial charge in [0.2, 0.25) is 0 Å². The number of carbonyl (C=O) groups excluding carboxylic acids is 2. The first kappa shape index (κ1) is 38.3. The highest BCUT2D eigenvalue weighted by molar-refractivity contribution is 5.91. The van der Waals surface area contributed by atoms with Crippen molar-refractivity contribution >= 4 is 11.9 Å². The van der Waals surface area contributed by atoms with Gasteiger partial charge in [0.1, 0.15) is 5.75 Å². The van der Waals surface area contributed by atoms with Gasteiger partial charge >= 0.3 is 11.9 Å². The van der Waals surface area contributed by atoms with Crippen LogP contribution in [0.5, 0.6) is 11.5 Å². The predicted octanol–water partition coefficient (Wildman–Crippen LogP) is 11.3. The minimum absolute atomic E-state index is 0.112. The van der Waals surface area contributed by atoms with Crippen LogP contribution in [0.25, 0.3) is 11.1 Å². The lowest BCUT2D eigenvalue weighted by Crippen LogP contribution is -2.15.